The topological polar surface area (TPSA) is 101 Å². The molecule has 2 aromatic carbocycles. The van der Waals surface area contributed by atoms with Crippen molar-refractivity contribution in [3.63, 3.8) is 0 Å². The number of aryl methyl sites for hydroxylation is 2. The molecule has 5 heterocycles. The van der Waals surface area contributed by atoms with Gasteiger partial charge in [0.1, 0.15) is 5.69 Å². The van der Waals surface area contributed by atoms with E-state index in [-0.39, 0.29) is 5.41 Å². The summed E-state index contributed by atoms with van der Waals surface area (Å²) in [7, 11) is 0. The lowest BCUT2D eigenvalue weighted by Crippen LogP contribution is -2.27. The Morgan fingerprint density at radius 2 is 1.67 bits per heavy atom. The molecule has 3 atom stereocenters. The highest BCUT2D eigenvalue weighted by Gasteiger charge is 2.58. The smallest absolute Gasteiger partial charge is 0.157 e. The van der Waals surface area contributed by atoms with Crippen molar-refractivity contribution < 1.29 is 4.74 Å². The lowest BCUT2D eigenvalue weighted by atomic mass is 9.85. The van der Waals surface area contributed by atoms with Gasteiger partial charge in [-0.1, -0.05) is 6.07 Å². The van der Waals surface area contributed by atoms with E-state index in [2.05, 4.69) is 63.9 Å². The number of ether oxygens (including phenoxy) is 1. The third-order valence-electron chi connectivity index (χ3n) is 8.93. The number of rotatable bonds is 6. The van der Waals surface area contributed by atoms with Gasteiger partial charge in [-0.15, -0.1) is 0 Å². The number of aromatic nitrogens is 5. The minimum Gasteiger partial charge on any atom is -0.378 e. The fraction of sp³-hybridized carbons (Fsp3) is 0.257. The molecule has 0 spiro atoms. The molecule has 43 heavy (non-hydrogen) atoms. The van der Waals surface area contributed by atoms with Crippen LogP contribution < -0.4 is 10.6 Å². The summed E-state index contributed by atoms with van der Waals surface area (Å²) in [5.74, 6) is 1.36. The first kappa shape index (κ1) is 25.9. The average Bonchev–Trinajstić information content (AvgIpc) is 3.58. The Morgan fingerprint density at radius 3 is 2.53 bits per heavy atom. The highest BCUT2D eigenvalue weighted by atomic mass is 16.5. The number of nitrogens with one attached hydrogen (secondary N) is 3. The highest BCUT2D eigenvalue weighted by molar-refractivity contribution is 5.94. The largest absolute Gasteiger partial charge is 0.378 e. The number of benzene rings is 2. The first-order chi connectivity index (χ1) is 20.9. The number of nitrogens with zero attached hydrogens (tertiary/aromatic N) is 4. The van der Waals surface area contributed by atoms with Gasteiger partial charge in [0, 0.05) is 45.4 Å². The molecule has 6 aromatic rings. The molecule has 1 saturated carbocycles. The Bertz CT molecular complexity index is 2000. The zero-order valence-electron chi connectivity index (χ0n) is 24.5. The van der Waals surface area contributed by atoms with Crippen LogP contribution in [0.15, 0.2) is 79.1 Å². The molecule has 214 valence electrons. The van der Waals surface area contributed by atoms with Gasteiger partial charge in [-0.3, -0.25) is 15.0 Å². The molecule has 3 N–H and O–H groups in total. The van der Waals surface area contributed by atoms with Gasteiger partial charge in [-0.2, -0.15) is 0 Å². The van der Waals surface area contributed by atoms with Gasteiger partial charge in [0.15, 0.2) is 5.82 Å². The highest BCUT2D eigenvalue weighted by Crippen LogP contribution is 2.60. The van der Waals surface area contributed by atoms with Crippen LogP contribution in [0.25, 0.3) is 33.5 Å². The monoisotopic (exact) mass is 567 g/mol. The van der Waals surface area contributed by atoms with Gasteiger partial charge in [0.05, 0.1) is 41.1 Å². The number of hydrogen-bond donors (Lipinski definition) is 3. The van der Waals surface area contributed by atoms with Crippen molar-refractivity contribution in [3.05, 3.63) is 96.1 Å². The lowest BCUT2D eigenvalue weighted by molar-refractivity contribution is 0.0146. The van der Waals surface area contributed by atoms with Crippen molar-refractivity contribution in [2.24, 2.45) is 5.92 Å². The first-order valence-electron chi connectivity index (χ1n) is 14.9. The summed E-state index contributed by atoms with van der Waals surface area (Å²) in [6, 6.07) is 23.0. The van der Waals surface area contributed by atoms with E-state index in [1.54, 1.807) is 6.20 Å². The number of pyridine rings is 3. The van der Waals surface area contributed by atoms with E-state index >= 15 is 0 Å². The van der Waals surface area contributed by atoms with E-state index in [9.17, 15) is 0 Å². The van der Waals surface area contributed by atoms with Crippen LogP contribution >= 0.6 is 0 Å². The third-order valence-corrected chi connectivity index (χ3v) is 8.93. The summed E-state index contributed by atoms with van der Waals surface area (Å²) in [5, 5.41) is 8.20. The first-order valence-corrected chi connectivity index (χ1v) is 14.9. The number of H-pyrrole nitrogens is 1. The van der Waals surface area contributed by atoms with Crippen molar-refractivity contribution in [3.8, 4) is 11.5 Å². The van der Waals surface area contributed by atoms with Crippen LogP contribution in [0.2, 0.25) is 0 Å². The van der Waals surface area contributed by atoms with Crippen LogP contribution in [0, 0.1) is 19.8 Å². The lowest BCUT2D eigenvalue weighted by Gasteiger charge is -2.28. The Kier molecular flexibility index (Phi) is 5.94. The quantitative estimate of drug-likeness (QED) is 0.189. The van der Waals surface area contributed by atoms with Gasteiger partial charge < -0.3 is 20.4 Å². The average molecular weight is 568 g/mol. The molecule has 8 rings (SSSR count). The van der Waals surface area contributed by atoms with Crippen LogP contribution in [0.5, 0.6) is 0 Å². The molecule has 4 aromatic heterocycles. The maximum Gasteiger partial charge on any atom is 0.157 e. The fourth-order valence-corrected chi connectivity index (χ4v) is 6.71. The number of imidazole rings is 1. The van der Waals surface area contributed by atoms with E-state index in [0.717, 1.165) is 80.6 Å². The van der Waals surface area contributed by atoms with Crippen LogP contribution in [0.1, 0.15) is 36.7 Å². The third kappa shape index (κ3) is 4.77. The van der Waals surface area contributed by atoms with Crippen molar-refractivity contribution in [1.82, 2.24) is 24.9 Å². The molecule has 1 aliphatic carbocycles. The Hall–Kier alpha value is -4.82. The minimum atomic E-state index is 0.249. The SMILES string of the molecule is Cc1cc(Nc2ccc3nc(-c4ccc(Nc5cc(C)nc6ccc([C@@]78CC7CO[C@H](C)C8)cc56)cn4)[nH]c3c2)ccn1. The maximum atomic E-state index is 5.93. The number of anilines is 4. The molecule has 0 bridgehead atoms. The van der Waals surface area contributed by atoms with Crippen molar-refractivity contribution in [2.75, 3.05) is 17.2 Å². The van der Waals surface area contributed by atoms with Crippen molar-refractivity contribution in [1.29, 1.82) is 0 Å². The number of aromatic amines is 1. The molecular formula is C35H33N7O. The predicted octanol–water partition coefficient (Wildman–Crippen LogP) is 7.74. The van der Waals surface area contributed by atoms with Crippen LogP contribution in [0.3, 0.4) is 0 Å². The molecule has 0 radical (unpaired) electrons. The van der Waals surface area contributed by atoms with Crippen LogP contribution in [0.4, 0.5) is 22.7 Å². The van der Waals surface area contributed by atoms with E-state index in [1.807, 2.05) is 50.4 Å². The van der Waals surface area contributed by atoms with E-state index in [4.69, 9.17) is 19.7 Å². The molecule has 8 nitrogen and oxygen atoms in total. The molecule has 1 saturated heterocycles. The van der Waals surface area contributed by atoms with Crippen molar-refractivity contribution in [2.45, 2.75) is 45.1 Å². The Balaban J connectivity index is 1.05. The normalized spacial score (nSPS) is 21.1. The van der Waals surface area contributed by atoms with Gasteiger partial charge >= 0.3 is 0 Å². The summed E-state index contributed by atoms with van der Waals surface area (Å²) in [4.78, 5) is 22.1. The van der Waals surface area contributed by atoms with E-state index in [1.165, 1.54) is 12.0 Å². The van der Waals surface area contributed by atoms with Crippen molar-refractivity contribution >= 4 is 44.7 Å². The molecule has 0 amide bonds. The molecule has 1 unspecified atom stereocenters. The summed E-state index contributed by atoms with van der Waals surface area (Å²) in [6.45, 7) is 7.08. The minimum absolute atomic E-state index is 0.249. The Labute approximate surface area is 250 Å². The summed E-state index contributed by atoms with van der Waals surface area (Å²) < 4.78 is 5.93. The molecule has 1 aliphatic heterocycles. The van der Waals surface area contributed by atoms with E-state index in [0.29, 0.717) is 12.0 Å². The zero-order chi connectivity index (χ0) is 29.1. The standard InChI is InChI=1S/C35H33N7O/c1-20-12-26(10-11-36-20)39-25-5-8-30-33(15-25)42-34(41-30)31-9-6-27(18-37-31)40-32-13-21(2)38-29-7-4-23(14-28(29)32)35-16-22(3)43-19-24(35)17-35/h4-15,18,22,24H,16-17,19H2,1-3H3,(H,36,39)(H,38,40)(H,41,42)/t22-,24?,35-/m1/s1. The second kappa shape index (κ2) is 9.88. The second-order valence-corrected chi connectivity index (χ2v) is 12.1. The van der Waals surface area contributed by atoms with E-state index < -0.39 is 0 Å². The molecular weight excluding hydrogens is 534 g/mol. The number of hydrogen-bond acceptors (Lipinski definition) is 7. The second-order valence-electron chi connectivity index (χ2n) is 12.1. The summed E-state index contributed by atoms with van der Waals surface area (Å²) in [5.41, 5.74) is 11.2. The summed E-state index contributed by atoms with van der Waals surface area (Å²) in [6.07, 6.45) is 6.26. The van der Waals surface area contributed by atoms with Gasteiger partial charge in [-0.25, -0.2) is 4.98 Å². The zero-order valence-corrected chi connectivity index (χ0v) is 24.5. The number of fused-ring (bicyclic) bond motifs is 3. The Morgan fingerprint density at radius 1 is 0.814 bits per heavy atom. The van der Waals surface area contributed by atoms with Crippen LogP contribution in [-0.2, 0) is 10.2 Å². The van der Waals surface area contributed by atoms with Crippen LogP contribution in [-0.4, -0.2) is 37.6 Å². The van der Waals surface area contributed by atoms with Gasteiger partial charge in [-0.05, 0) is 106 Å². The predicted molar refractivity (Wildman–Crippen MR) is 171 cm³/mol. The maximum absolute atomic E-state index is 5.93. The summed E-state index contributed by atoms with van der Waals surface area (Å²) >= 11 is 0. The molecule has 2 fully saturated rings. The molecule has 8 heteroatoms. The fourth-order valence-electron chi connectivity index (χ4n) is 6.71. The van der Waals surface area contributed by atoms with Gasteiger partial charge in [0.2, 0.25) is 0 Å². The molecule has 2 aliphatic rings. The van der Waals surface area contributed by atoms with Gasteiger partial charge in [0.25, 0.3) is 0 Å².